The van der Waals surface area contributed by atoms with Crippen LogP contribution in [0.3, 0.4) is 0 Å². The maximum Gasteiger partial charge on any atom is 0.170 e. The van der Waals surface area contributed by atoms with Crippen LogP contribution < -0.4 is 9.47 Å². The summed E-state index contributed by atoms with van der Waals surface area (Å²) < 4.78 is 11.5. The van der Waals surface area contributed by atoms with E-state index in [-0.39, 0.29) is 0 Å². The molecule has 0 amide bonds. The summed E-state index contributed by atoms with van der Waals surface area (Å²) in [6.45, 7) is 2.02. The van der Waals surface area contributed by atoms with E-state index in [1.165, 1.54) is 0 Å². The van der Waals surface area contributed by atoms with E-state index >= 15 is 0 Å². The largest absolute Gasteiger partial charge is 0.493 e. The van der Waals surface area contributed by atoms with Gasteiger partial charge in [-0.2, -0.15) is 0 Å². The molecule has 2 rings (SSSR count). The second-order valence-electron chi connectivity index (χ2n) is 3.89. The van der Waals surface area contributed by atoms with Crippen molar-refractivity contribution in [2.24, 2.45) is 0 Å². The van der Waals surface area contributed by atoms with Crippen LogP contribution in [0.15, 0.2) is 28.9 Å². The summed E-state index contributed by atoms with van der Waals surface area (Å²) in [5.74, 6) is 2.15. The monoisotopic (exact) mass is 322 g/mol. The Morgan fingerprint density at radius 1 is 1.16 bits per heavy atom. The van der Waals surface area contributed by atoms with Crippen LogP contribution in [0.2, 0.25) is 0 Å². The van der Waals surface area contributed by atoms with E-state index in [1.54, 1.807) is 14.2 Å². The number of aryl methyl sites for hydroxylation is 1. The fourth-order valence-electron chi connectivity index (χ4n) is 1.85. The van der Waals surface area contributed by atoms with Crippen molar-refractivity contribution in [3.8, 4) is 22.8 Å². The highest BCUT2D eigenvalue weighted by molar-refractivity contribution is 9.10. The zero-order valence-corrected chi connectivity index (χ0v) is 12.7. The number of hydrogen-bond acceptors (Lipinski definition) is 4. The van der Waals surface area contributed by atoms with Crippen LogP contribution in [0, 0.1) is 0 Å². The molecular formula is C14H15BrN2O2. The first kappa shape index (κ1) is 13.8. The van der Waals surface area contributed by atoms with Crippen molar-refractivity contribution >= 4 is 15.9 Å². The first-order valence-corrected chi connectivity index (χ1v) is 6.73. The van der Waals surface area contributed by atoms with Crippen molar-refractivity contribution in [2.75, 3.05) is 14.2 Å². The third-order valence-electron chi connectivity index (χ3n) is 2.74. The summed E-state index contributed by atoms with van der Waals surface area (Å²) in [5, 5.41) is 0. The molecule has 0 aliphatic carbocycles. The Bertz CT molecular complexity index is 588. The lowest BCUT2D eigenvalue weighted by Crippen LogP contribution is -1.98. The van der Waals surface area contributed by atoms with Crippen LogP contribution in [0.1, 0.15) is 12.7 Å². The Morgan fingerprint density at radius 3 is 2.58 bits per heavy atom. The van der Waals surface area contributed by atoms with Crippen LogP contribution in [0.25, 0.3) is 11.3 Å². The van der Waals surface area contributed by atoms with Gasteiger partial charge in [0.15, 0.2) is 11.5 Å². The summed E-state index contributed by atoms with van der Waals surface area (Å²) >= 11 is 3.41. The smallest absolute Gasteiger partial charge is 0.170 e. The number of halogens is 1. The minimum Gasteiger partial charge on any atom is -0.493 e. The van der Waals surface area contributed by atoms with E-state index in [9.17, 15) is 0 Å². The molecule has 1 heterocycles. The molecule has 0 spiro atoms. The molecule has 4 nitrogen and oxygen atoms in total. The number of aromatic nitrogens is 2. The summed E-state index contributed by atoms with van der Waals surface area (Å²) in [7, 11) is 3.24. The Balaban J connectivity index is 2.61. The van der Waals surface area contributed by atoms with Gasteiger partial charge < -0.3 is 9.47 Å². The van der Waals surface area contributed by atoms with E-state index in [0.29, 0.717) is 11.5 Å². The molecule has 5 heteroatoms. The van der Waals surface area contributed by atoms with Gasteiger partial charge in [-0.1, -0.05) is 13.0 Å². The Labute approximate surface area is 120 Å². The molecule has 0 atom stereocenters. The quantitative estimate of drug-likeness (QED) is 0.808. The molecule has 19 heavy (non-hydrogen) atoms. The van der Waals surface area contributed by atoms with Crippen LogP contribution in [-0.4, -0.2) is 24.2 Å². The maximum atomic E-state index is 5.43. The fourth-order valence-corrected chi connectivity index (χ4v) is 2.27. The van der Waals surface area contributed by atoms with Gasteiger partial charge in [0, 0.05) is 12.0 Å². The summed E-state index contributed by atoms with van der Waals surface area (Å²) in [6, 6.07) is 7.60. The van der Waals surface area contributed by atoms with Crippen molar-refractivity contribution < 1.29 is 9.47 Å². The number of ether oxygens (including phenoxy) is 2. The molecule has 0 radical (unpaired) electrons. The molecule has 1 aromatic carbocycles. The van der Waals surface area contributed by atoms with Gasteiger partial charge in [-0.05, 0) is 34.1 Å². The minimum atomic E-state index is 0.678. The zero-order valence-electron chi connectivity index (χ0n) is 11.1. The van der Waals surface area contributed by atoms with E-state index in [1.807, 2.05) is 31.2 Å². The van der Waals surface area contributed by atoms with Crippen molar-refractivity contribution in [2.45, 2.75) is 13.3 Å². The van der Waals surface area contributed by atoms with E-state index < -0.39 is 0 Å². The summed E-state index contributed by atoms with van der Waals surface area (Å²) in [4.78, 5) is 8.84. The number of para-hydroxylation sites is 1. The van der Waals surface area contributed by atoms with Crippen LogP contribution in [-0.2, 0) is 6.42 Å². The summed E-state index contributed by atoms with van der Waals surface area (Å²) in [5.41, 5.74) is 1.70. The first-order valence-electron chi connectivity index (χ1n) is 5.94. The van der Waals surface area contributed by atoms with Gasteiger partial charge in [-0.3, -0.25) is 0 Å². The minimum absolute atomic E-state index is 0.678. The van der Waals surface area contributed by atoms with Crippen LogP contribution in [0.5, 0.6) is 11.5 Å². The average Bonchev–Trinajstić information content (AvgIpc) is 2.45. The SMILES string of the molecule is CCc1nc(Br)cc(-c2cccc(OC)c2OC)n1. The van der Waals surface area contributed by atoms with Gasteiger partial charge in [0.25, 0.3) is 0 Å². The molecule has 0 saturated carbocycles. The van der Waals surface area contributed by atoms with Crippen molar-refractivity contribution in [1.82, 2.24) is 9.97 Å². The molecule has 2 aromatic rings. The predicted octanol–water partition coefficient (Wildman–Crippen LogP) is 3.49. The van der Waals surface area contributed by atoms with Gasteiger partial charge in [0.05, 0.1) is 19.9 Å². The van der Waals surface area contributed by atoms with E-state index in [0.717, 1.165) is 28.1 Å². The van der Waals surface area contributed by atoms with Crippen molar-refractivity contribution in [1.29, 1.82) is 0 Å². The molecule has 0 aliphatic rings. The highest BCUT2D eigenvalue weighted by atomic mass is 79.9. The molecule has 0 fully saturated rings. The second kappa shape index (κ2) is 6.02. The molecule has 100 valence electrons. The highest BCUT2D eigenvalue weighted by Gasteiger charge is 2.13. The molecule has 0 N–H and O–H groups in total. The maximum absolute atomic E-state index is 5.43. The lowest BCUT2D eigenvalue weighted by molar-refractivity contribution is 0.356. The van der Waals surface area contributed by atoms with Crippen LogP contribution >= 0.6 is 15.9 Å². The standard InChI is InChI=1S/C14H15BrN2O2/c1-4-13-16-10(8-12(15)17-13)9-6-5-7-11(18-2)14(9)19-3/h5-8H,4H2,1-3H3. The van der Waals surface area contributed by atoms with E-state index in [2.05, 4.69) is 25.9 Å². The number of methoxy groups -OCH3 is 2. The van der Waals surface area contributed by atoms with Gasteiger partial charge in [0.2, 0.25) is 0 Å². The number of rotatable bonds is 4. The second-order valence-corrected chi connectivity index (χ2v) is 4.70. The highest BCUT2D eigenvalue weighted by Crippen LogP contribution is 2.37. The van der Waals surface area contributed by atoms with Gasteiger partial charge in [-0.25, -0.2) is 9.97 Å². The van der Waals surface area contributed by atoms with Crippen molar-refractivity contribution in [3.05, 3.63) is 34.7 Å². The topological polar surface area (TPSA) is 44.2 Å². The molecule has 0 aliphatic heterocycles. The van der Waals surface area contributed by atoms with Gasteiger partial charge >= 0.3 is 0 Å². The molecule has 0 unspecified atom stereocenters. The number of benzene rings is 1. The fraction of sp³-hybridized carbons (Fsp3) is 0.286. The average molecular weight is 323 g/mol. The van der Waals surface area contributed by atoms with Crippen molar-refractivity contribution in [3.63, 3.8) is 0 Å². The third-order valence-corrected chi connectivity index (χ3v) is 3.14. The number of nitrogens with zero attached hydrogens (tertiary/aromatic N) is 2. The zero-order chi connectivity index (χ0) is 13.8. The lowest BCUT2D eigenvalue weighted by atomic mass is 10.1. The third kappa shape index (κ3) is 2.87. The van der Waals surface area contributed by atoms with E-state index in [4.69, 9.17) is 9.47 Å². The predicted molar refractivity (Wildman–Crippen MR) is 77.7 cm³/mol. The lowest BCUT2D eigenvalue weighted by Gasteiger charge is -2.12. The number of hydrogen-bond donors (Lipinski definition) is 0. The summed E-state index contributed by atoms with van der Waals surface area (Å²) in [6.07, 6.45) is 0.777. The Hall–Kier alpha value is -1.62. The molecule has 0 bridgehead atoms. The first-order chi connectivity index (χ1) is 9.19. The molecule has 1 aromatic heterocycles. The van der Waals surface area contributed by atoms with Gasteiger partial charge in [-0.15, -0.1) is 0 Å². The van der Waals surface area contributed by atoms with Gasteiger partial charge in [0.1, 0.15) is 10.4 Å². The molecular weight excluding hydrogens is 308 g/mol. The normalized spacial score (nSPS) is 10.3. The van der Waals surface area contributed by atoms with Crippen LogP contribution in [0.4, 0.5) is 0 Å². The Kier molecular flexibility index (Phi) is 4.37. The molecule has 0 saturated heterocycles. The Morgan fingerprint density at radius 2 is 1.95 bits per heavy atom.